The van der Waals surface area contributed by atoms with Gasteiger partial charge in [-0.3, -0.25) is 4.79 Å². The summed E-state index contributed by atoms with van der Waals surface area (Å²) >= 11 is 0. The number of anilines is 1. The fourth-order valence-corrected chi connectivity index (χ4v) is 2.04. The minimum atomic E-state index is -0.582. The van der Waals surface area contributed by atoms with Gasteiger partial charge >= 0.3 is 0 Å². The van der Waals surface area contributed by atoms with Crippen molar-refractivity contribution < 1.29 is 9.18 Å². The Labute approximate surface area is 105 Å². The van der Waals surface area contributed by atoms with Crippen LogP contribution in [0.15, 0.2) is 18.2 Å². The Kier molecular flexibility index (Phi) is 3.90. The molecule has 0 aromatic heterocycles. The van der Waals surface area contributed by atoms with Crippen molar-refractivity contribution in [3.8, 4) is 6.07 Å². The van der Waals surface area contributed by atoms with E-state index in [2.05, 4.69) is 10.6 Å². The second-order valence-electron chi connectivity index (χ2n) is 4.35. The van der Waals surface area contributed by atoms with Gasteiger partial charge in [-0.05, 0) is 37.6 Å². The molecular formula is C13H14FN3O. The number of benzene rings is 1. The van der Waals surface area contributed by atoms with Crippen LogP contribution < -0.4 is 10.6 Å². The second kappa shape index (κ2) is 5.61. The number of nitrogens with zero attached hydrogens (tertiary/aromatic N) is 1. The van der Waals surface area contributed by atoms with Crippen LogP contribution in [0.4, 0.5) is 10.1 Å². The molecule has 0 aliphatic carbocycles. The standard InChI is InChI=1S/C13H14FN3O/c14-11-6-9(8-15)3-4-12(11)17-13(18)7-10-2-1-5-16-10/h3-4,6,10,16H,1-2,5,7H2,(H,17,18). The fraction of sp³-hybridized carbons (Fsp3) is 0.385. The van der Waals surface area contributed by atoms with E-state index in [-0.39, 0.29) is 23.2 Å². The zero-order valence-electron chi connectivity index (χ0n) is 9.87. The van der Waals surface area contributed by atoms with E-state index in [4.69, 9.17) is 5.26 Å². The van der Waals surface area contributed by atoms with E-state index < -0.39 is 5.82 Å². The van der Waals surface area contributed by atoms with E-state index in [0.29, 0.717) is 6.42 Å². The molecule has 1 aliphatic heterocycles. The molecule has 1 unspecified atom stereocenters. The number of carbonyl (C=O) groups is 1. The highest BCUT2D eigenvalue weighted by Crippen LogP contribution is 2.16. The lowest BCUT2D eigenvalue weighted by atomic mass is 10.1. The van der Waals surface area contributed by atoms with Crippen LogP contribution in [0.25, 0.3) is 0 Å². The molecule has 1 amide bonds. The molecule has 1 saturated heterocycles. The molecule has 2 rings (SSSR count). The summed E-state index contributed by atoms with van der Waals surface area (Å²) in [5, 5.41) is 14.3. The van der Waals surface area contributed by atoms with E-state index in [9.17, 15) is 9.18 Å². The van der Waals surface area contributed by atoms with Gasteiger partial charge in [-0.1, -0.05) is 0 Å². The predicted octanol–water partition coefficient (Wildman–Crippen LogP) is 1.78. The summed E-state index contributed by atoms with van der Waals surface area (Å²) in [4.78, 5) is 11.7. The number of nitriles is 1. The van der Waals surface area contributed by atoms with E-state index in [1.807, 2.05) is 6.07 Å². The predicted molar refractivity (Wildman–Crippen MR) is 65.4 cm³/mol. The van der Waals surface area contributed by atoms with Gasteiger partial charge in [0.25, 0.3) is 0 Å². The van der Waals surface area contributed by atoms with E-state index >= 15 is 0 Å². The summed E-state index contributed by atoms with van der Waals surface area (Å²) in [6.07, 6.45) is 2.39. The van der Waals surface area contributed by atoms with Crippen LogP contribution in [-0.4, -0.2) is 18.5 Å². The van der Waals surface area contributed by atoms with E-state index in [1.165, 1.54) is 12.1 Å². The normalized spacial score (nSPS) is 18.3. The lowest BCUT2D eigenvalue weighted by molar-refractivity contribution is -0.116. The molecule has 0 bridgehead atoms. The zero-order chi connectivity index (χ0) is 13.0. The van der Waals surface area contributed by atoms with E-state index in [0.717, 1.165) is 25.5 Å². The number of carbonyl (C=O) groups excluding carboxylic acids is 1. The van der Waals surface area contributed by atoms with Gasteiger partial charge in [0.1, 0.15) is 5.82 Å². The number of rotatable bonds is 3. The number of hydrogen-bond donors (Lipinski definition) is 2. The molecule has 4 nitrogen and oxygen atoms in total. The minimum absolute atomic E-state index is 0.122. The van der Waals surface area contributed by atoms with Gasteiger partial charge in [-0.15, -0.1) is 0 Å². The quantitative estimate of drug-likeness (QED) is 0.855. The highest BCUT2D eigenvalue weighted by molar-refractivity contribution is 5.91. The third-order valence-electron chi connectivity index (χ3n) is 2.97. The molecule has 1 heterocycles. The summed E-state index contributed by atoms with van der Waals surface area (Å²) in [6, 6.07) is 6.03. The van der Waals surface area contributed by atoms with Crippen LogP contribution in [0, 0.1) is 17.1 Å². The third kappa shape index (κ3) is 3.05. The third-order valence-corrected chi connectivity index (χ3v) is 2.97. The molecule has 1 aliphatic rings. The number of halogens is 1. The lowest BCUT2D eigenvalue weighted by Crippen LogP contribution is -2.27. The summed E-state index contributed by atoms with van der Waals surface area (Å²) in [5.74, 6) is -0.792. The first-order valence-corrected chi connectivity index (χ1v) is 5.92. The first-order valence-electron chi connectivity index (χ1n) is 5.92. The van der Waals surface area contributed by atoms with Crippen molar-refractivity contribution in [2.45, 2.75) is 25.3 Å². The molecule has 18 heavy (non-hydrogen) atoms. The monoisotopic (exact) mass is 247 g/mol. The summed E-state index contributed by atoms with van der Waals surface area (Å²) in [5.41, 5.74) is 0.361. The Morgan fingerprint density at radius 2 is 2.44 bits per heavy atom. The van der Waals surface area contributed by atoms with Gasteiger partial charge < -0.3 is 10.6 Å². The largest absolute Gasteiger partial charge is 0.324 e. The molecule has 1 fully saturated rings. The Morgan fingerprint density at radius 1 is 1.61 bits per heavy atom. The number of nitrogens with one attached hydrogen (secondary N) is 2. The molecule has 1 atom stereocenters. The van der Waals surface area contributed by atoms with Gasteiger partial charge in [0, 0.05) is 12.5 Å². The summed E-state index contributed by atoms with van der Waals surface area (Å²) < 4.78 is 13.5. The molecule has 0 radical (unpaired) electrons. The number of hydrogen-bond acceptors (Lipinski definition) is 3. The van der Waals surface area contributed by atoms with Gasteiger partial charge in [0.15, 0.2) is 0 Å². The Morgan fingerprint density at radius 3 is 3.06 bits per heavy atom. The molecule has 94 valence electrons. The topological polar surface area (TPSA) is 64.9 Å². The van der Waals surface area contributed by atoms with E-state index in [1.54, 1.807) is 0 Å². The molecule has 0 spiro atoms. The van der Waals surface area contributed by atoms with Crippen LogP contribution in [0.1, 0.15) is 24.8 Å². The molecule has 5 heteroatoms. The van der Waals surface area contributed by atoms with Gasteiger partial charge in [-0.2, -0.15) is 5.26 Å². The Hall–Kier alpha value is -1.93. The minimum Gasteiger partial charge on any atom is -0.324 e. The van der Waals surface area contributed by atoms with Gasteiger partial charge in [0.05, 0.1) is 17.3 Å². The SMILES string of the molecule is N#Cc1ccc(NC(=O)CC2CCCN2)c(F)c1. The van der Waals surface area contributed by atoms with Crippen molar-refractivity contribution in [3.63, 3.8) is 0 Å². The van der Waals surface area contributed by atoms with Crippen LogP contribution >= 0.6 is 0 Å². The average molecular weight is 247 g/mol. The first kappa shape index (κ1) is 12.5. The van der Waals surface area contributed by atoms with Gasteiger partial charge in [-0.25, -0.2) is 4.39 Å². The highest BCUT2D eigenvalue weighted by Gasteiger charge is 2.18. The second-order valence-corrected chi connectivity index (χ2v) is 4.35. The smallest absolute Gasteiger partial charge is 0.226 e. The maximum Gasteiger partial charge on any atom is 0.226 e. The molecule has 2 N–H and O–H groups in total. The maximum atomic E-state index is 13.5. The van der Waals surface area contributed by atoms with Crippen LogP contribution in [0.3, 0.4) is 0 Å². The van der Waals surface area contributed by atoms with Crippen molar-refractivity contribution in [1.29, 1.82) is 5.26 Å². The van der Waals surface area contributed by atoms with Gasteiger partial charge in [0.2, 0.25) is 5.91 Å². The number of amides is 1. The summed E-state index contributed by atoms with van der Waals surface area (Å²) in [7, 11) is 0. The summed E-state index contributed by atoms with van der Waals surface area (Å²) in [6.45, 7) is 0.934. The maximum absolute atomic E-state index is 13.5. The Bertz CT molecular complexity index is 489. The van der Waals surface area contributed by atoms with Crippen molar-refractivity contribution >= 4 is 11.6 Å². The first-order chi connectivity index (χ1) is 8.69. The molecular weight excluding hydrogens is 233 g/mol. The van der Waals surface area contributed by atoms with Crippen LogP contribution in [0.2, 0.25) is 0 Å². The fourth-order valence-electron chi connectivity index (χ4n) is 2.04. The molecule has 0 saturated carbocycles. The van der Waals surface area contributed by atoms with Crippen molar-refractivity contribution in [3.05, 3.63) is 29.6 Å². The lowest BCUT2D eigenvalue weighted by Gasteiger charge is -2.11. The average Bonchev–Trinajstić information content (AvgIpc) is 2.84. The highest BCUT2D eigenvalue weighted by atomic mass is 19.1. The van der Waals surface area contributed by atoms with Crippen LogP contribution in [0.5, 0.6) is 0 Å². The molecule has 1 aromatic rings. The zero-order valence-corrected chi connectivity index (χ0v) is 9.87. The molecule has 1 aromatic carbocycles. The Balaban J connectivity index is 1.96. The van der Waals surface area contributed by atoms with Crippen LogP contribution in [-0.2, 0) is 4.79 Å². The van der Waals surface area contributed by atoms with Crippen molar-refractivity contribution in [1.82, 2.24) is 5.32 Å². The van der Waals surface area contributed by atoms with Crippen molar-refractivity contribution in [2.24, 2.45) is 0 Å². The van der Waals surface area contributed by atoms with Crippen molar-refractivity contribution in [2.75, 3.05) is 11.9 Å².